The van der Waals surface area contributed by atoms with Gasteiger partial charge >= 0.3 is 0 Å². The van der Waals surface area contributed by atoms with Crippen molar-refractivity contribution in [3.05, 3.63) is 63.7 Å². The van der Waals surface area contributed by atoms with Gasteiger partial charge in [0, 0.05) is 12.1 Å². The summed E-state index contributed by atoms with van der Waals surface area (Å²) >= 11 is 0. The summed E-state index contributed by atoms with van der Waals surface area (Å²) in [5.41, 5.74) is 2.14. The Bertz CT molecular complexity index is 758. The van der Waals surface area contributed by atoms with Crippen molar-refractivity contribution in [1.29, 1.82) is 0 Å². The predicted molar refractivity (Wildman–Crippen MR) is 92.3 cm³/mol. The van der Waals surface area contributed by atoms with Crippen molar-refractivity contribution in [2.75, 3.05) is 5.32 Å². The van der Waals surface area contributed by atoms with Crippen LogP contribution in [0.5, 0.6) is 5.75 Å². The zero-order chi connectivity index (χ0) is 17.7. The molecule has 2 rings (SSSR count). The van der Waals surface area contributed by atoms with E-state index in [1.807, 2.05) is 32.0 Å². The maximum Gasteiger partial charge on any atom is 0.271 e. The van der Waals surface area contributed by atoms with E-state index in [0.717, 1.165) is 11.1 Å². The van der Waals surface area contributed by atoms with Gasteiger partial charge in [-0.25, -0.2) is 0 Å². The topological polar surface area (TPSA) is 81.5 Å². The fourth-order valence-corrected chi connectivity index (χ4v) is 2.25. The number of carbonyl (C=O) groups excluding carboxylic acids is 1. The fourth-order valence-electron chi connectivity index (χ4n) is 2.25. The summed E-state index contributed by atoms with van der Waals surface area (Å²) in [6, 6.07) is 11.8. The number of non-ortho nitro benzene ring substituents is 1. The van der Waals surface area contributed by atoms with Crippen molar-refractivity contribution in [1.82, 2.24) is 0 Å². The maximum atomic E-state index is 12.5. The number of nitrogens with zero attached hydrogens (tertiary/aromatic N) is 1. The number of aryl methyl sites for hydroxylation is 2. The van der Waals surface area contributed by atoms with Crippen molar-refractivity contribution >= 4 is 17.3 Å². The normalized spacial score (nSPS) is 11.6. The van der Waals surface area contributed by atoms with E-state index in [4.69, 9.17) is 4.74 Å². The molecule has 6 heteroatoms. The molecule has 0 aromatic heterocycles. The molecular weight excluding hydrogens is 308 g/mol. The van der Waals surface area contributed by atoms with Gasteiger partial charge in [0.2, 0.25) is 0 Å². The van der Waals surface area contributed by atoms with Gasteiger partial charge in [-0.3, -0.25) is 14.9 Å². The van der Waals surface area contributed by atoms with E-state index in [1.54, 1.807) is 19.1 Å². The molecule has 24 heavy (non-hydrogen) atoms. The lowest BCUT2D eigenvalue weighted by molar-refractivity contribution is -0.384. The van der Waals surface area contributed by atoms with Crippen molar-refractivity contribution in [3.8, 4) is 5.75 Å². The van der Waals surface area contributed by atoms with Crippen LogP contribution in [-0.4, -0.2) is 16.9 Å². The second-order valence-corrected chi connectivity index (χ2v) is 5.58. The summed E-state index contributed by atoms with van der Waals surface area (Å²) in [7, 11) is 0. The van der Waals surface area contributed by atoms with E-state index < -0.39 is 11.0 Å². The highest BCUT2D eigenvalue weighted by molar-refractivity contribution is 5.95. The second kappa shape index (κ2) is 7.59. The number of hydrogen-bond acceptors (Lipinski definition) is 4. The first-order chi connectivity index (χ1) is 11.4. The molecule has 1 atom stereocenters. The van der Waals surface area contributed by atoms with Gasteiger partial charge in [0.05, 0.1) is 10.6 Å². The van der Waals surface area contributed by atoms with Crippen LogP contribution in [0.3, 0.4) is 0 Å². The molecule has 1 amide bonds. The SMILES string of the molecule is CC[C@H](Oc1cccc(C)c1)C(=O)Nc1cc([N+](=O)[O-])ccc1C. The lowest BCUT2D eigenvalue weighted by Crippen LogP contribution is -2.32. The number of rotatable bonds is 6. The molecule has 0 bridgehead atoms. The van der Waals surface area contributed by atoms with E-state index in [1.165, 1.54) is 12.1 Å². The Morgan fingerprint density at radius 3 is 2.62 bits per heavy atom. The van der Waals surface area contributed by atoms with Gasteiger partial charge in [-0.05, 0) is 43.5 Å². The van der Waals surface area contributed by atoms with Gasteiger partial charge in [-0.2, -0.15) is 0 Å². The molecular formula is C18H20N2O4. The van der Waals surface area contributed by atoms with Crippen LogP contribution in [0.15, 0.2) is 42.5 Å². The van der Waals surface area contributed by atoms with Crippen molar-refractivity contribution in [3.63, 3.8) is 0 Å². The second-order valence-electron chi connectivity index (χ2n) is 5.58. The van der Waals surface area contributed by atoms with E-state index >= 15 is 0 Å². The van der Waals surface area contributed by atoms with Crippen molar-refractivity contribution in [2.45, 2.75) is 33.3 Å². The van der Waals surface area contributed by atoms with Crippen LogP contribution in [0.25, 0.3) is 0 Å². The number of nitro groups is 1. The smallest absolute Gasteiger partial charge is 0.271 e. The molecule has 0 fully saturated rings. The van der Waals surface area contributed by atoms with Crippen LogP contribution < -0.4 is 10.1 Å². The number of amides is 1. The summed E-state index contributed by atoms with van der Waals surface area (Å²) < 4.78 is 5.75. The van der Waals surface area contributed by atoms with Gasteiger partial charge in [0.1, 0.15) is 5.75 Å². The van der Waals surface area contributed by atoms with E-state index in [-0.39, 0.29) is 11.6 Å². The molecule has 0 unspecified atom stereocenters. The van der Waals surface area contributed by atoms with Crippen molar-refractivity contribution in [2.24, 2.45) is 0 Å². The monoisotopic (exact) mass is 328 g/mol. The van der Waals surface area contributed by atoms with E-state index in [9.17, 15) is 14.9 Å². The Balaban J connectivity index is 2.15. The van der Waals surface area contributed by atoms with E-state index in [2.05, 4.69) is 5.32 Å². The highest BCUT2D eigenvalue weighted by Crippen LogP contribution is 2.23. The van der Waals surface area contributed by atoms with Gasteiger partial charge in [0.15, 0.2) is 6.10 Å². The Morgan fingerprint density at radius 1 is 1.25 bits per heavy atom. The Kier molecular flexibility index (Phi) is 5.52. The number of benzene rings is 2. The minimum Gasteiger partial charge on any atom is -0.481 e. The molecule has 0 radical (unpaired) electrons. The third kappa shape index (κ3) is 4.32. The largest absolute Gasteiger partial charge is 0.481 e. The number of carbonyl (C=O) groups is 1. The summed E-state index contributed by atoms with van der Waals surface area (Å²) in [6.07, 6.45) is -0.196. The molecule has 0 aliphatic rings. The molecule has 0 saturated heterocycles. The van der Waals surface area contributed by atoms with Crippen molar-refractivity contribution < 1.29 is 14.5 Å². The molecule has 2 aromatic rings. The Labute approximate surface area is 140 Å². The van der Waals surface area contributed by atoms with Gasteiger partial charge in [-0.1, -0.05) is 25.1 Å². The Morgan fingerprint density at radius 2 is 2.00 bits per heavy atom. The number of anilines is 1. The lowest BCUT2D eigenvalue weighted by atomic mass is 10.1. The first-order valence-corrected chi connectivity index (χ1v) is 7.70. The third-order valence-corrected chi connectivity index (χ3v) is 3.62. The third-order valence-electron chi connectivity index (χ3n) is 3.62. The zero-order valence-electron chi connectivity index (χ0n) is 13.9. The number of hydrogen-bond donors (Lipinski definition) is 1. The van der Waals surface area contributed by atoms with Crippen LogP contribution in [0, 0.1) is 24.0 Å². The summed E-state index contributed by atoms with van der Waals surface area (Å²) in [5, 5.41) is 13.6. The van der Waals surface area contributed by atoms with Crippen LogP contribution in [0.1, 0.15) is 24.5 Å². The van der Waals surface area contributed by atoms with Crippen LogP contribution in [0.2, 0.25) is 0 Å². The molecule has 0 aliphatic heterocycles. The number of nitrogens with one attached hydrogen (secondary N) is 1. The molecule has 1 N–H and O–H groups in total. The van der Waals surface area contributed by atoms with Crippen LogP contribution in [0.4, 0.5) is 11.4 Å². The van der Waals surface area contributed by atoms with Crippen LogP contribution in [-0.2, 0) is 4.79 Å². The highest BCUT2D eigenvalue weighted by Gasteiger charge is 2.20. The highest BCUT2D eigenvalue weighted by atomic mass is 16.6. The summed E-state index contributed by atoms with van der Waals surface area (Å²) in [4.78, 5) is 22.9. The van der Waals surface area contributed by atoms with Gasteiger partial charge in [0.25, 0.3) is 11.6 Å². The Hall–Kier alpha value is -2.89. The fraction of sp³-hybridized carbons (Fsp3) is 0.278. The average molecular weight is 328 g/mol. The summed E-state index contributed by atoms with van der Waals surface area (Å²) in [6.45, 7) is 5.57. The molecule has 2 aromatic carbocycles. The van der Waals surface area contributed by atoms with Gasteiger partial charge in [-0.15, -0.1) is 0 Å². The minimum atomic E-state index is -0.675. The molecule has 6 nitrogen and oxygen atoms in total. The lowest BCUT2D eigenvalue weighted by Gasteiger charge is -2.18. The number of ether oxygens (including phenoxy) is 1. The standard InChI is InChI=1S/C18H20N2O4/c1-4-17(24-15-7-5-6-12(2)10-15)18(21)19-16-11-14(20(22)23)9-8-13(16)3/h5-11,17H,4H2,1-3H3,(H,19,21)/t17-/m0/s1. The molecule has 126 valence electrons. The molecule has 0 heterocycles. The average Bonchev–Trinajstić information content (AvgIpc) is 2.54. The predicted octanol–water partition coefficient (Wildman–Crippen LogP) is 4.01. The zero-order valence-corrected chi connectivity index (χ0v) is 13.9. The molecule has 0 spiro atoms. The first-order valence-electron chi connectivity index (χ1n) is 7.70. The maximum absolute atomic E-state index is 12.5. The van der Waals surface area contributed by atoms with E-state index in [0.29, 0.717) is 17.9 Å². The van der Waals surface area contributed by atoms with Gasteiger partial charge < -0.3 is 10.1 Å². The first kappa shape index (κ1) is 17.5. The number of nitro benzene ring substituents is 1. The minimum absolute atomic E-state index is 0.0662. The quantitative estimate of drug-likeness (QED) is 0.641. The molecule has 0 aliphatic carbocycles. The molecule has 0 saturated carbocycles. The van der Waals surface area contributed by atoms with Crippen LogP contribution >= 0.6 is 0 Å². The summed E-state index contributed by atoms with van der Waals surface area (Å²) in [5.74, 6) is 0.287.